The maximum absolute atomic E-state index is 9.35. The summed E-state index contributed by atoms with van der Waals surface area (Å²) < 4.78 is 4.29. The third-order valence-corrected chi connectivity index (χ3v) is 3.99. The zero-order valence-corrected chi connectivity index (χ0v) is 14.1. The van der Waals surface area contributed by atoms with Crippen molar-refractivity contribution in [3.63, 3.8) is 0 Å². The second-order valence-corrected chi connectivity index (χ2v) is 6.38. The monoisotopic (exact) mass is 295 g/mol. The van der Waals surface area contributed by atoms with Crippen molar-refractivity contribution in [2.24, 2.45) is 0 Å². The van der Waals surface area contributed by atoms with Crippen molar-refractivity contribution in [1.29, 1.82) is 0 Å². The highest BCUT2D eigenvalue weighted by atomic mass is 16.3. The first-order valence-corrected chi connectivity index (χ1v) is 8.95. The highest BCUT2D eigenvalue weighted by Crippen LogP contribution is 2.10. The van der Waals surface area contributed by atoms with Gasteiger partial charge in [-0.2, -0.15) is 0 Å². The number of aliphatic hydroxyl groups excluding tert-OH is 1. The van der Waals surface area contributed by atoms with Gasteiger partial charge in [-0.1, -0.05) is 58.3 Å². The van der Waals surface area contributed by atoms with E-state index in [1.54, 1.807) is 0 Å². The van der Waals surface area contributed by atoms with Crippen LogP contribution in [0, 0.1) is 0 Å². The lowest BCUT2D eigenvalue weighted by molar-refractivity contribution is -0.702. The Balaban J connectivity index is 1.93. The summed E-state index contributed by atoms with van der Waals surface area (Å²) in [5, 5.41) is 9.35. The molecule has 0 aromatic carbocycles. The second kappa shape index (κ2) is 11.8. The highest BCUT2D eigenvalue weighted by molar-refractivity contribution is 4.66. The number of hydrogen-bond donors (Lipinski definition) is 1. The third-order valence-electron chi connectivity index (χ3n) is 3.99. The summed E-state index contributed by atoms with van der Waals surface area (Å²) in [6.07, 6.45) is 19.8. The summed E-state index contributed by atoms with van der Waals surface area (Å²) in [5.74, 6) is 0. The average Bonchev–Trinajstić information content (AvgIpc) is 2.87. The Labute approximate surface area is 131 Å². The van der Waals surface area contributed by atoms with Gasteiger partial charge in [-0.15, -0.1) is 0 Å². The lowest BCUT2D eigenvalue weighted by Gasteiger charge is -2.01. The maximum Gasteiger partial charge on any atom is 0.243 e. The SMILES string of the molecule is CCCCCCCCCCCCn1cc[n+](C[C@H](C)O)c1. The molecule has 0 unspecified atom stereocenters. The number of imidazole rings is 1. The number of hydrogen-bond acceptors (Lipinski definition) is 1. The standard InChI is InChI=1S/C18H35N2O/c1-3-4-5-6-7-8-9-10-11-12-13-19-14-15-20(17-19)16-18(2)21/h14-15,17-18,21H,3-13,16H2,1-2H3/q+1/t18-/m0/s1. The zero-order chi connectivity index (χ0) is 15.3. The molecule has 1 N–H and O–H groups in total. The van der Waals surface area contributed by atoms with E-state index in [-0.39, 0.29) is 6.10 Å². The van der Waals surface area contributed by atoms with Gasteiger partial charge in [0.15, 0.2) is 0 Å². The van der Waals surface area contributed by atoms with Crippen LogP contribution in [0.5, 0.6) is 0 Å². The first kappa shape index (κ1) is 18.2. The summed E-state index contributed by atoms with van der Waals surface area (Å²) in [6.45, 7) is 5.89. The fourth-order valence-electron chi connectivity index (χ4n) is 2.77. The normalized spacial score (nSPS) is 12.7. The molecule has 0 saturated heterocycles. The summed E-state index contributed by atoms with van der Waals surface area (Å²) >= 11 is 0. The van der Waals surface area contributed by atoms with E-state index in [9.17, 15) is 5.11 Å². The van der Waals surface area contributed by atoms with Gasteiger partial charge in [0.25, 0.3) is 0 Å². The molecule has 1 rings (SSSR count). The molecule has 0 saturated carbocycles. The topological polar surface area (TPSA) is 29.0 Å². The Morgan fingerprint density at radius 3 is 2.10 bits per heavy atom. The van der Waals surface area contributed by atoms with Gasteiger partial charge in [0.05, 0.1) is 12.6 Å². The Hall–Kier alpha value is -0.830. The number of aliphatic hydroxyl groups is 1. The fraction of sp³-hybridized carbons (Fsp3) is 0.833. The molecule has 0 aliphatic carbocycles. The van der Waals surface area contributed by atoms with Crippen LogP contribution in [0.1, 0.15) is 78.1 Å². The van der Waals surface area contributed by atoms with Gasteiger partial charge in [-0.3, -0.25) is 0 Å². The van der Waals surface area contributed by atoms with E-state index in [4.69, 9.17) is 0 Å². The molecule has 0 bridgehead atoms. The Bertz CT molecular complexity index is 347. The van der Waals surface area contributed by atoms with E-state index in [1.165, 1.54) is 64.2 Å². The highest BCUT2D eigenvalue weighted by Gasteiger charge is 2.05. The van der Waals surface area contributed by atoms with Gasteiger partial charge < -0.3 is 5.11 Å². The van der Waals surface area contributed by atoms with Gasteiger partial charge in [-0.25, -0.2) is 9.13 Å². The number of rotatable bonds is 13. The molecule has 1 atom stereocenters. The van der Waals surface area contributed by atoms with Gasteiger partial charge in [-0.05, 0) is 19.8 Å². The van der Waals surface area contributed by atoms with E-state index in [0.717, 1.165) is 6.54 Å². The van der Waals surface area contributed by atoms with E-state index in [2.05, 4.69) is 28.6 Å². The number of aromatic nitrogens is 2. The Morgan fingerprint density at radius 2 is 1.52 bits per heavy atom. The van der Waals surface area contributed by atoms with Crippen molar-refractivity contribution in [3.8, 4) is 0 Å². The molecule has 1 aromatic heterocycles. The number of aryl methyl sites for hydroxylation is 1. The minimum atomic E-state index is -0.275. The van der Waals surface area contributed by atoms with Crippen LogP contribution in [-0.4, -0.2) is 15.8 Å². The number of nitrogens with zero attached hydrogens (tertiary/aromatic N) is 2. The Kier molecular flexibility index (Phi) is 10.2. The molecule has 21 heavy (non-hydrogen) atoms. The quantitative estimate of drug-likeness (QED) is 0.431. The van der Waals surface area contributed by atoms with Gasteiger partial charge >= 0.3 is 0 Å². The van der Waals surface area contributed by atoms with Crippen molar-refractivity contribution >= 4 is 0 Å². The third kappa shape index (κ3) is 9.67. The van der Waals surface area contributed by atoms with E-state index < -0.39 is 0 Å². The molecule has 0 aliphatic heterocycles. The molecule has 0 spiro atoms. The first-order chi connectivity index (χ1) is 10.2. The molecular formula is C18H35N2O+. The number of unbranched alkanes of at least 4 members (excludes halogenated alkanes) is 9. The molecule has 1 heterocycles. The molecule has 0 amide bonds. The van der Waals surface area contributed by atoms with Crippen molar-refractivity contribution in [2.75, 3.05) is 0 Å². The minimum absolute atomic E-state index is 0.275. The van der Waals surface area contributed by atoms with Crippen molar-refractivity contribution in [1.82, 2.24) is 4.57 Å². The van der Waals surface area contributed by atoms with Crippen LogP contribution in [0.15, 0.2) is 18.7 Å². The molecule has 0 fully saturated rings. The Morgan fingerprint density at radius 1 is 0.952 bits per heavy atom. The molecule has 0 aliphatic rings. The first-order valence-electron chi connectivity index (χ1n) is 8.95. The smallest absolute Gasteiger partial charge is 0.243 e. The summed E-state index contributed by atoms with van der Waals surface area (Å²) in [5.41, 5.74) is 0. The fourth-order valence-corrected chi connectivity index (χ4v) is 2.77. The van der Waals surface area contributed by atoms with Crippen LogP contribution >= 0.6 is 0 Å². The van der Waals surface area contributed by atoms with E-state index >= 15 is 0 Å². The van der Waals surface area contributed by atoms with Gasteiger partial charge in [0, 0.05) is 0 Å². The lowest BCUT2D eigenvalue weighted by atomic mass is 10.1. The second-order valence-electron chi connectivity index (χ2n) is 6.38. The van der Waals surface area contributed by atoms with Crippen molar-refractivity contribution in [3.05, 3.63) is 18.7 Å². The largest absolute Gasteiger partial charge is 0.389 e. The van der Waals surface area contributed by atoms with Crippen LogP contribution in [0.2, 0.25) is 0 Å². The van der Waals surface area contributed by atoms with Gasteiger partial charge in [0.2, 0.25) is 6.33 Å². The van der Waals surface area contributed by atoms with Crippen molar-refractivity contribution in [2.45, 2.75) is 97.2 Å². The lowest BCUT2D eigenvalue weighted by Crippen LogP contribution is -2.36. The van der Waals surface area contributed by atoms with E-state index in [0.29, 0.717) is 6.54 Å². The predicted octanol–water partition coefficient (Wildman–Crippen LogP) is 4.08. The summed E-state index contributed by atoms with van der Waals surface area (Å²) in [6, 6.07) is 0. The average molecular weight is 295 g/mol. The maximum atomic E-state index is 9.35. The molecule has 122 valence electrons. The van der Waals surface area contributed by atoms with E-state index in [1.807, 2.05) is 13.1 Å². The summed E-state index contributed by atoms with van der Waals surface area (Å²) in [4.78, 5) is 0. The molecular weight excluding hydrogens is 260 g/mol. The van der Waals surface area contributed by atoms with Crippen LogP contribution in [-0.2, 0) is 13.1 Å². The van der Waals surface area contributed by atoms with Crippen LogP contribution in [0.25, 0.3) is 0 Å². The van der Waals surface area contributed by atoms with Crippen LogP contribution in [0.3, 0.4) is 0 Å². The predicted molar refractivity (Wildman–Crippen MR) is 88.2 cm³/mol. The molecule has 3 nitrogen and oxygen atoms in total. The van der Waals surface area contributed by atoms with Gasteiger partial charge in [0.1, 0.15) is 18.9 Å². The molecule has 3 heteroatoms. The molecule has 0 radical (unpaired) electrons. The zero-order valence-electron chi connectivity index (χ0n) is 14.1. The minimum Gasteiger partial charge on any atom is -0.389 e. The summed E-state index contributed by atoms with van der Waals surface area (Å²) in [7, 11) is 0. The van der Waals surface area contributed by atoms with Crippen LogP contribution < -0.4 is 4.57 Å². The molecule has 1 aromatic rings. The van der Waals surface area contributed by atoms with Crippen molar-refractivity contribution < 1.29 is 9.67 Å². The van der Waals surface area contributed by atoms with Crippen LogP contribution in [0.4, 0.5) is 0 Å².